The summed E-state index contributed by atoms with van der Waals surface area (Å²) < 4.78 is 21.8. The monoisotopic (exact) mass is 249 g/mol. The van der Waals surface area contributed by atoms with Crippen LogP contribution in [0.4, 0.5) is 0 Å². The SMILES string of the molecule is CC1CCN(CCCCS(C)(=O)=O)CC1O. The molecular formula is C11H23NO3S. The van der Waals surface area contributed by atoms with Gasteiger partial charge < -0.3 is 10.0 Å². The fraction of sp³-hybridized carbons (Fsp3) is 1.00. The number of nitrogens with zero attached hydrogens (tertiary/aromatic N) is 1. The van der Waals surface area contributed by atoms with Crippen molar-refractivity contribution >= 4 is 9.84 Å². The van der Waals surface area contributed by atoms with Crippen LogP contribution < -0.4 is 0 Å². The molecule has 0 aliphatic carbocycles. The number of piperidine rings is 1. The lowest BCUT2D eigenvalue weighted by molar-refractivity contribution is 0.0288. The van der Waals surface area contributed by atoms with Gasteiger partial charge in [-0.3, -0.25) is 0 Å². The summed E-state index contributed by atoms with van der Waals surface area (Å²) in [6.07, 6.45) is 3.71. The van der Waals surface area contributed by atoms with E-state index in [1.165, 1.54) is 6.26 Å². The molecule has 16 heavy (non-hydrogen) atoms. The van der Waals surface area contributed by atoms with Gasteiger partial charge in [-0.1, -0.05) is 6.92 Å². The second kappa shape index (κ2) is 5.98. The van der Waals surface area contributed by atoms with E-state index in [4.69, 9.17) is 0 Å². The number of unbranched alkanes of at least 4 members (excludes halogenated alkanes) is 1. The Morgan fingerprint density at radius 2 is 2.06 bits per heavy atom. The maximum atomic E-state index is 10.9. The first-order chi connectivity index (χ1) is 7.38. The maximum absolute atomic E-state index is 10.9. The average Bonchev–Trinajstić information content (AvgIpc) is 2.17. The first kappa shape index (κ1) is 13.9. The third-order valence-corrected chi connectivity index (χ3v) is 4.27. The quantitative estimate of drug-likeness (QED) is 0.722. The molecule has 1 N–H and O–H groups in total. The second-order valence-electron chi connectivity index (χ2n) is 4.97. The van der Waals surface area contributed by atoms with Crippen LogP contribution in [0.3, 0.4) is 0 Å². The van der Waals surface area contributed by atoms with E-state index in [1.807, 2.05) is 0 Å². The first-order valence-electron chi connectivity index (χ1n) is 5.96. The van der Waals surface area contributed by atoms with Gasteiger partial charge in [0.1, 0.15) is 9.84 Å². The summed E-state index contributed by atoms with van der Waals surface area (Å²) in [7, 11) is -2.81. The third kappa shape index (κ3) is 5.27. The van der Waals surface area contributed by atoms with Crippen molar-refractivity contribution in [2.75, 3.05) is 31.6 Å². The van der Waals surface area contributed by atoms with Gasteiger partial charge in [-0.25, -0.2) is 8.42 Å². The summed E-state index contributed by atoms with van der Waals surface area (Å²) in [5.41, 5.74) is 0. The molecule has 1 fully saturated rings. The molecule has 4 nitrogen and oxygen atoms in total. The van der Waals surface area contributed by atoms with E-state index in [2.05, 4.69) is 11.8 Å². The first-order valence-corrected chi connectivity index (χ1v) is 8.02. The Morgan fingerprint density at radius 1 is 1.38 bits per heavy atom. The highest BCUT2D eigenvalue weighted by Crippen LogP contribution is 2.17. The zero-order chi connectivity index (χ0) is 12.2. The predicted molar refractivity (Wildman–Crippen MR) is 65.2 cm³/mol. The minimum absolute atomic E-state index is 0.219. The highest BCUT2D eigenvalue weighted by atomic mass is 32.2. The second-order valence-corrected chi connectivity index (χ2v) is 7.23. The number of aliphatic hydroxyl groups is 1. The standard InChI is InChI=1S/C11H23NO3S/c1-10-5-7-12(9-11(10)13)6-3-4-8-16(2,14)15/h10-11,13H,3-9H2,1-2H3. The summed E-state index contributed by atoms with van der Waals surface area (Å²) in [6.45, 7) is 4.74. The topological polar surface area (TPSA) is 57.6 Å². The number of rotatable bonds is 5. The van der Waals surface area contributed by atoms with E-state index in [0.29, 0.717) is 5.92 Å². The summed E-state index contributed by atoms with van der Waals surface area (Å²) in [4.78, 5) is 2.23. The molecule has 0 amide bonds. The Labute approximate surface area is 98.6 Å². The van der Waals surface area contributed by atoms with Crippen molar-refractivity contribution in [2.24, 2.45) is 5.92 Å². The lowest BCUT2D eigenvalue weighted by Gasteiger charge is -2.34. The van der Waals surface area contributed by atoms with Gasteiger partial charge in [0.25, 0.3) is 0 Å². The van der Waals surface area contributed by atoms with E-state index < -0.39 is 9.84 Å². The Morgan fingerprint density at radius 3 is 2.62 bits per heavy atom. The molecule has 1 saturated heterocycles. The Kier molecular flexibility index (Phi) is 5.21. The third-order valence-electron chi connectivity index (χ3n) is 3.24. The van der Waals surface area contributed by atoms with Crippen LogP contribution in [0.25, 0.3) is 0 Å². The van der Waals surface area contributed by atoms with Crippen molar-refractivity contribution in [1.29, 1.82) is 0 Å². The number of hydrogen-bond donors (Lipinski definition) is 1. The maximum Gasteiger partial charge on any atom is 0.147 e. The van der Waals surface area contributed by atoms with E-state index in [0.717, 1.165) is 38.9 Å². The van der Waals surface area contributed by atoms with Crippen LogP contribution in [-0.2, 0) is 9.84 Å². The minimum atomic E-state index is -2.81. The fourth-order valence-electron chi connectivity index (χ4n) is 2.02. The summed E-state index contributed by atoms with van der Waals surface area (Å²) in [5, 5.41) is 9.70. The molecule has 1 rings (SSSR count). The average molecular weight is 249 g/mol. The molecule has 96 valence electrons. The van der Waals surface area contributed by atoms with Crippen LogP contribution in [0.5, 0.6) is 0 Å². The summed E-state index contributed by atoms with van der Waals surface area (Å²) in [5.74, 6) is 0.673. The molecule has 1 aliphatic heterocycles. The molecule has 0 spiro atoms. The zero-order valence-electron chi connectivity index (χ0n) is 10.2. The Bertz CT molecular complexity index is 302. The van der Waals surface area contributed by atoms with Crippen molar-refractivity contribution in [3.05, 3.63) is 0 Å². The molecule has 0 aromatic heterocycles. The van der Waals surface area contributed by atoms with Crippen molar-refractivity contribution in [1.82, 2.24) is 4.90 Å². The molecule has 2 unspecified atom stereocenters. The van der Waals surface area contributed by atoms with Crippen molar-refractivity contribution < 1.29 is 13.5 Å². The Hall–Kier alpha value is -0.130. The molecular weight excluding hydrogens is 226 g/mol. The van der Waals surface area contributed by atoms with Crippen LogP contribution in [0.2, 0.25) is 0 Å². The lowest BCUT2D eigenvalue weighted by atomic mass is 9.96. The highest BCUT2D eigenvalue weighted by molar-refractivity contribution is 7.90. The molecule has 1 heterocycles. The number of likely N-dealkylation sites (tertiary alicyclic amines) is 1. The van der Waals surface area contributed by atoms with Crippen molar-refractivity contribution in [3.8, 4) is 0 Å². The molecule has 0 radical (unpaired) electrons. The molecule has 1 aliphatic rings. The smallest absolute Gasteiger partial charge is 0.147 e. The van der Waals surface area contributed by atoms with Gasteiger partial charge in [-0.15, -0.1) is 0 Å². The molecule has 2 atom stereocenters. The number of sulfone groups is 1. The molecule has 0 aromatic carbocycles. The molecule has 5 heteroatoms. The van der Waals surface area contributed by atoms with Gasteiger partial charge in [0.15, 0.2) is 0 Å². The summed E-state index contributed by atoms with van der Waals surface area (Å²) >= 11 is 0. The summed E-state index contributed by atoms with van der Waals surface area (Å²) in [6, 6.07) is 0. The number of hydrogen-bond acceptors (Lipinski definition) is 4. The van der Waals surface area contributed by atoms with Crippen LogP contribution in [0.15, 0.2) is 0 Å². The van der Waals surface area contributed by atoms with Gasteiger partial charge in [0, 0.05) is 18.6 Å². The van der Waals surface area contributed by atoms with Crippen LogP contribution >= 0.6 is 0 Å². The molecule has 0 saturated carbocycles. The molecule has 0 aromatic rings. The van der Waals surface area contributed by atoms with E-state index in [-0.39, 0.29) is 11.9 Å². The van der Waals surface area contributed by atoms with E-state index >= 15 is 0 Å². The van der Waals surface area contributed by atoms with E-state index in [9.17, 15) is 13.5 Å². The zero-order valence-corrected chi connectivity index (χ0v) is 11.0. The van der Waals surface area contributed by atoms with Crippen molar-refractivity contribution in [2.45, 2.75) is 32.3 Å². The fourth-order valence-corrected chi connectivity index (χ4v) is 2.75. The van der Waals surface area contributed by atoms with Gasteiger partial charge in [0.2, 0.25) is 0 Å². The normalized spacial score (nSPS) is 28.2. The van der Waals surface area contributed by atoms with Gasteiger partial charge in [-0.05, 0) is 38.3 Å². The van der Waals surface area contributed by atoms with Crippen LogP contribution in [0, 0.1) is 5.92 Å². The van der Waals surface area contributed by atoms with Gasteiger partial charge in [0.05, 0.1) is 6.10 Å². The van der Waals surface area contributed by atoms with Crippen LogP contribution in [-0.4, -0.2) is 56.2 Å². The predicted octanol–water partition coefficient (Wildman–Crippen LogP) is 0.514. The van der Waals surface area contributed by atoms with Gasteiger partial charge in [-0.2, -0.15) is 0 Å². The Balaban J connectivity index is 2.14. The largest absolute Gasteiger partial charge is 0.392 e. The van der Waals surface area contributed by atoms with Crippen molar-refractivity contribution in [3.63, 3.8) is 0 Å². The lowest BCUT2D eigenvalue weighted by Crippen LogP contribution is -2.43. The van der Waals surface area contributed by atoms with E-state index in [1.54, 1.807) is 0 Å². The highest BCUT2D eigenvalue weighted by Gasteiger charge is 2.23. The minimum Gasteiger partial charge on any atom is -0.392 e. The molecule has 0 bridgehead atoms. The van der Waals surface area contributed by atoms with Gasteiger partial charge >= 0.3 is 0 Å². The van der Waals surface area contributed by atoms with Crippen LogP contribution in [0.1, 0.15) is 26.2 Å². The number of aliphatic hydroxyl groups excluding tert-OH is 1. The number of β-amino-alcohol motifs (C(OH)–C–C–N with tert-alkyl or cyclic N) is 1.